The molecule has 0 spiro atoms. The van der Waals surface area contributed by atoms with Crippen LogP contribution in [0.15, 0.2) is 54.6 Å². The zero-order valence-corrected chi connectivity index (χ0v) is 12.7. The van der Waals surface area contributed by atoms with Crippen LogP contribution in [0.3, 0.4) is 0 Å². The van der Waals surface area contributed by atoms with Crippen molar-refractivity contribution in [2.24, 2.45) is 0 Å². The first-order chi connectivity index (χ1) is 10.1. The maximum atomic E-state index is 6.19. The molecule has 0 fully saturated rings. The molecule has 1 heterocycles. The summed E-state index contributed by atoms with van der Waals surface area (Å²) in [5.74, 6) is 0.652. The van der Waals surface area contributed by atoms with E-state index in [4.69, 9.17) is 11.6 Å². The van der Waals surface area contributed by atoms with Crippen molar-refractivity contribution in [2.75, 3.05) is 0 Å². The molecule has 0 radical (unpaired) electrons. The summed E-state index contributed by atoms with van der Waals surface area (Å²) in [7, 11) is 0. The second-order valence-corrected chi connectivity index (χ2v) is 5.40. The van der Waals surface area contributed by atoms with Gasteiger partial charge in [-0.05, 0) is 25.0 Å². The predicted octanol–water partition coefficient (Wildman–Crippen LogP) is 5.08. The van der Waals surface area contributed by atoms with Crippen LogP contribution in [0.1, 0.15) is 11.1 Å². The Bertz CT molecular complexity index is 782. The van der Waals surface area contributed by atoms with Crippen molar-refractivity contribution in [1.82, 2.24) is 9.97 Å². The Morgan fingerprint density at radius 1 is 0.857 bits per heavy atom. The van der Waals surface area contributed by atoms with Gasteiger partial charge in [0.25, 0.3) is 0 Å². The maximum absolute atomic E-state index is 6.19. The lowest BCUT2D eigenvalue weighted by molar-refractivity contribution is 1.17. The van der Waals surface area contributed by atoms with Gasteiger partial charge < -0.3 is 0 Å². The largest absolute Gasteiger partial charge is 0.228 e. The zero-order valence-electron chi connectivity index (χ0n) is 12.0. The molecular formula is C18H15ClN2. The molecule has 3 heteroatoms. The molecule has 0 saturated heterocycles. The summed E-state index contributed by atoms with van der Waals surface area (Å²) in [4.78, 5) is 9.02. The number of rotatable bonds is 2. The molecule has 0 saturated carbocycles. The number of hydrogen-bond donors (Lipinski definition) is 0. The molecule has 2 nitrogen and oxygen atoms in total. The van der Waals surface area contributed by atoms with Crippen LogP contribution in [0.4, 0.5) is 0 Å². The highest BCUT2D eigenvalue weighted by molar-refractivity contribution is 6.29. The van der Waals surface area contributed by atoms with Crippen LogP contribution >= 0.6 is 11.6 Å². The van der Waals surface area contributed by atoms with Crippen LogP contribution in [0, 0.1) is 13.8 Å². The molecule has 0 N–H and O–H groups in total. The maximum Gasteiger partial charge on any atom is 0.161 e. The molecule has 0 amide bonds. The lowest BCUT2D eigenvalue weighted by atomic mass is 10.0. The van der Waals surface area contributed by atoms with Gasteiger partial charge in [0.2, 0.25) is 0 Å². The zero-order chi connectivity index (χ0) is 14.8. The number of nitrogens with zero attached hydrogens (tertiary/aromatic N) is 2. The van der Waals surface area contributed by atoms with Crippen LogP contribution < -0.4 is 0 Å². The van der Waals surface area contributed by atoms with Crippen molar-refractivity contribution >= 4 is 11.6 Å². The molecule has 0 bridgehead atoms. The monoisotopic (exact) mass is 294 g/mol. The van der Waals surface area contributed by atoms with Gasteiger partial charge in [0, 0.05) is 17.2 Å². The van der Waals surface area contributed by atoms with E-state index in [2.05, 4.69) is 35.9 Å². The van der Waals surface area contributed by atoms with Gasteiger partial charge >= 0.3 is 0 Å². The lowest BCUT2D eigenvalue weighted by Crippen LogP contribution is -1.95. The number of aromatic nitrogens is 2. The molecule has 0 aliphatic rings. The quantitative estimate of drug-likeness (QED) is 0.616. The predicted molar refractivity (Wildman–Crippen MR) is 87.4 cm³/mol. The Labute approximate surface area is 129 Å². The van der Waals surface area contributed by atoms with Crippen molar-refractivity contribution in [1.29, 1.82) is 0 Å². The first-order valence-electron chi connectivity index (χ1n) is 6.82. The molecule has 0 unspecified atom stereocenters. The average molecular weight is 295 g/mol. The van der Waals surface area contributed by atoms with E-state index in [0.717, 1.165) is 16.8 Å². The minimum absolute atomic E-state index is 0.458. The highest BCUT2D eigenvalue weighted by Gasteiger charge is 2.10. The van der Waals surface area contributed by atoms with Gasteiger partial charge in [0.15, 0.2) is 5.82 Å². The standard InChI is InChI=1S/C18H15ClN2/c1-12-7-6-10-15(13(12)2)16-11-17(19)21-18(20-16)14-8-4-3-5-9-14/h3-11H,1-2H3. The number of benzene rings is 2. The molecule has 1 aromatic heterocycles. The van der Waals surface area contributed by atoms with Gasteiger partial charge in [-0.3, -0.25) is 0 Å². The summed E-state index contributed by atoms with van der Waals surface area (Å²) in [5.41, 5.74) is 5.37. The van der Waals surface area contributed by atoms with E-state index in [0.29, 0.717) is 11.0 Å². The summed E-state index contributed by atoms with van der Waals surface area (Å²) in [6.45, 7) is 4.20. The molecule has 3 rings (SSSR count). The highest BCUT2D eigenvalue weighted by atomic mass is 35.5. The smallest absolute Gasteiger partial charge is 0.161 e. The van der Waals surface area contributed by atoms with Crippen molar-refractivity contribution < 1.29 is 0 Å². The fourth-order valence-corrected chi connectivity index (χ4v) is 2.48. The summed E-state index contributed by atoms with van der Waals surface area (Å²) >= 11 is 6.19. The summed E-state index contributed by atoms with van der Waals surface area (Å²) in [6, 6.07) is 17.9. The van der Waals surface area contributed by atoms with Gasteiger partial charge in [-0.15, -0.1) is 0 Å². The van der Waals surface area contributed by atoms with Gasteiger partial charge in [0.1, 0.15) is 5.15 Å². The molecule has 21 heavy (non-hydrogen) atoms. The van der Waals surface area contributed by atoms with Gasteiger partial charge in [-0.1, -0.05) is 60.1 Å². The van der Waals surface area contributed by atoms with E-state index in [-0.39, 0.29) is 0 Å². The third-order valence-electron chi connectivity index (χ3n) is 3.61. The van der Waals surface area contributed by atoms with E-state index >= 15 is 0 Å². The second-order valence-electron chi connectivity index (χ2n) is 5.01. The van der Waals surface area contributed by atoms with Crippen LogP contribution in [-0.4, -0.2) is 9.97 Å². The fraction of sp³-hybridized carbons (Fsp3) is 0.111. The molecule has 0 aliphatic heterocycles. The number of aryl methyl sites for hydroxylation is 1. The minimum atomic E-state index is 0.458. The minimum Gasteiger partial charge on any atom is -0.228 e. The highest BCUT2D eigenvalue weighted by Crippen LogP contribution is 2.27. The van der Waals surface area contributed by atoms with Crippen LogP contribution in [0.5, 0.6) is 0 Å². The van der Waals surface area contributed by atoms with Crippen LogP contribution in [0.2, 0.25) is 5.15 Å². The van der Waals surface area contributed by atoms with Crippen LogP contribution in [0.25, 0.3) is 22.6 Å². The molecule has 0 atom stereocenters. The summed E-state index contributed by atoms with van der Waals surface area (Å²) in [6.07, 6.45) is 0. The van der Waals surface area contributed by atoms with E-state index in [1.807, 2.05) is 42.5 Å². The Morgan fingerprint density at radius 3 is 2.38 bits per heavy atom. The van der Waals surface area contributed by atoms with Gasteiger partial charge in [-0.25, -0.2) is 9.97 Å². The Hall–Kier alpha value is -2.19. The van der Waals surface area contributed by atoms with Crippen molar-refractivity contribution in [3.8, 4) is 22.6 Å². The van der Waals surface area contributed by atoms with Crippen molar-refractivity contribution in [2.45, 2.75) is 13.8 Å². The van der Waals surface area contributed by atoms with E-state index < -0.39 is 0 Å². The van der Waals surface area contributed by atoms with Crippen molar-refractivity contribution in [3.63, 3.8) is 0 Å². The van der Waals surface area contributed by atoms with E-state index in [1.165, 1.54) is 11.1 Å². The van der Waals surface area contributed by atoms with Gasteiger partial charge in [0.05, 0.1) is 5.69 Å². The second kappa shape index (κ2) is 5.66. The Balaban J connectivity index is 2.17. The van der Waals surface area contributed by atoms with E-state index in [9.17, 15) is 0 Å². The fourth-order valence-electron chi connectivity index (χ4n) is 2.30. The molecule has 2 aromatic carbocycles. The third-order valence-corrected chi connectivity index (χ3v) is 3.80. The van der Waals surface area contributed by atoms with Gasteiger partial charge in [-0.2, -0.15) is 0 Å². The Morgan fingerprint density at radius 2 is 1.62 bits per heavy atom. The molecule has 3 aromatic rings. The molecule has 0 aliphatic carbocycles. The van der Waals surface area contributed by atoms with Crippen LogP contribution in [-0.2, 0) is 0 Å². The first-order valence-corrected chi connectivity index (χ1v) is 7.19. The average Bonchev–Trinajstić information content (AvgIpc) is 2.50. The first kappa shape index (κ1) is 13.8. The molecular weight excluding hydrogens is 280 g/mol. The third kappa shape index (κ3) is 2.81. The topological polar surface area (TPSA) is 25.8 Å². The number of hydrogen-bond acceptors (Lipinski definition) is 2. The number of halogens is 1. The normalized spacial score (nSPS) is 10.6. The van der Waals surface area contributed by atoms with Crippen molar-refractivity contribution in [3.05, 3.63) is 70.9 Å². The molecule has 104 valence electrons. The summed E-state index contributed by atoms with van der Waals surface area (Å²) < 4.78 is 0. The summed E-state index contributed by atoms with van der Waals surface area (Å²) in [5, 5.41) is 0.458. The van der Waals surface area contributed by atoms with E-state index in [1.54, 1.807) is 0 Å². The SMILES string of the molecule is Cc1cccc(-c2cc(Cl)nc(-c3ccccc3)n2)c1C. The lowest BCUT2D eigenvalue weighted by Gasteiger charge is -2.10. The Kier molecular flexibility index (Phi) is 3.72.